The summed E-state index contributed by atoms with van der Waals surface area (Å²) >= 11 is 1.02. The minimum Gasteiger partial charge on any atom is -0.208 e. The van der Waals surface area contributed by atoms with Crippen molar-refractivity contribution in [3.8, 4) is 0 Å². The molecule has 2 aromatic rings. The number of aromatic nitrogens is 2. The molecule has 7 heteroatoms. The van der Waals surface area contributed by atoms with E-state index in [9.17, 15) is 8.42 Å². The van der Waals surface area contributed by atoms with Gasteiger partial charge in [0.1, 0.15) is 15.9 Å². The van der Waals surface area contributed by atoms with E-state index < -0.39 is 10.0 Å². The van der Waals surface area contributed by atoms with Crippen molar-refractivity contribution in [2.75, 3.05) is 0 Å². The van der Waals surface area contributed by atoms with Gasteiger partial charge < -0.3 is 0 Å². The fraction of sp³-hybridized carbons (Fsp3) is 0.455. The van der Waals surface area contributed by atoms with Gasteiger partial charge in [-0.2, -0.15) is 8.75 Å². The molecule has 18 heavy (non-hydrogen) atoms. The first-order chi connectivity index (χ1) is 8.58. The maximum Gasteiger partial charge on any atom is 0.243 e. The quantitative estimate of drug-likeness (QED) is 0.913. The third-order valence-corrected chi connectivity index (χ3v) is 4.94. The van der Waals surface area contributed by atoms with Crippen LogP contribution >= 0.6 is 11.7 Å². The zero-order valence-corrected chi connectivity index (χ0v) is 11.9. The third kappa shape index (κ3) is 2.52. The first-order valence-electron chi connectivity index (χ1n) is 5.82. The molecule has 0 unspecified atom stereocenters. The summed E-state index contributed by atoms with van der Waals surface area (Å²) in [7, 11) is -3.53. The molecule has 0 saturated carbocycles. The van der Waals surface area contributed by atoms with Crippen LogP contribution < -0.4 is 4.72 Å². The van der Waals surface area contributed by atoms with Gasteiger partial charge in [0.25, 0.3) is 0 Å². The highest BCUT2D eigenvalue weighted by molar-refractivity contribution is 7.89. The van der Waals surface area contributed by atoms with Gasteiger partial charge in [-0.15, -0.1) is 0 Å². The van der Waals surface area contributed by atoms with Gasteiger partial charge in [-0.3, -0.25) is 0 Å². The lowest BCUT2D eigenvalue weighted by atomic mass is 10.2. The Kier molecular flexibility index (Phi) is 3.94. The average molecular weight is 285 g/mol. The summed E-state index contributed by atoms with van der Waals surface area (Å²) in [4.78, 5) is 0.209. The normalized spacial score (nSPS) is 12.4. The Morgan fingerprint density at radius 3 is 2.67 bits per heavy atom. The number of nitrogens with one attached hydrogen (secondary N) is 1. The Bertz CT molecular complexity index is 633. The van der Waals surface area contributed by atoms with Crippen LogP contribution in [0.25, 0.3) is 11.0 Å². The van der Waals surface area contributed by atoms with Gasteiger partial charge in [-0.1, -0.05) is 19.9 Å². The topological polar surface area (TPSA) is 72.0 Å². The third-order valence-electron chi connectivity index (χ3n) is 2.85. The monoisotopic (exact) mass is 285 g/mol. The summed E-state index contributed by atoms with van der Waals surface area (Å²) in [5, 5.41) is 0. The van der Waals surface area contributed by atoms with E-state index in [1.54, 1.807) is 18.2 Å². The highest BCUT2D eigenvalue weighted by atomic mass is 32.2. The maximum absolute atomic E-state index is 12.3. The molecule has 1 aromatic carbocycles. The second kappa shape index (κ2) is 5.29. The molecule has 0 spiro atoms. The van der Waals surface area contributed by atoms with Gasteiger partial charge in [0.15, 0.2) is 0 Å². The van der Waals surface area contributed by atoms with Crippen LogP contribution in [-0.4, -0.2) is 23.2 Å². The molecule has 0 radical (unpaired) electrons. The molecule has 0 saturated heterocycles. The van der Waals surface area contributed by atoms with E-state index in [-0.39, 0.29) is 10.9 Å². The summed E-state index contributed by atoms with van der Waals surface area (Å²) in [6.45, 7) is 3.92. The Hall–Kier alpha value is -1.05. The van der Waals surface area contributed by atoms with E-state index in [1.165, 1.54) is 0 Å². The number of hydrogen-bond donors (Lipinski definition) is 1. The van der Waals surface area contributed by atoms with Crippen LogP contribution in [0.5, 0.6) is 0 Å². The lowest BCUT2D eigenvalue weighted by molar-refractivity contribution is 0.531. The predicted octanol–water partition coefficient (Wildman–Crippen LogP) is 2.16. The zero-order valence-electron chi connectivity index (χ0n) is 10.3. The minimum atomic E-state index is -3.53. The van der Waals surface area contributed by atoms with Crippen molar-refractivity contribution in [3.63, 3.8) is 0 Å². The standard InChI is InChI=1S/C11H15N3O2S2/c1-3-8(4-2)14-18(15,16)10-7-5-6-9-11(10)13-17-12-9/h5-8,14H,3-4H2,1-2H3. The molecule has 0 aliphatic heterocycles. The SMILES string of the molecule is CCC(CC)NS(=O)(=O)c1cccc2nsnc12. The fourth-order valence-electron chi connectivity index (χ4n) is 1.74. The summed E-state index contributed by atoms with van der Waals surface area (Å²) in [6.07, 6.45) is 1.53. The van der Waals surface area contributed by atoms with E-state index in [0.717, 1.165) is 24.6 Å². The van der Waals surface area contributed by atoms with Crippen molar-refractivity contribution in [1.29, 1.82) is 0 Å². The first-order valence-corrected chi connectivity index (χ1v) is 8.03. The number of hydrogen-bond acceptors (Lipinski definition) is 5. The van der Waals surface area contributed by atoms with Crippen molar-refractivity contribution in [3.05, 3.63) is 18.2 Å². The molecule has 98 valence electrons. The Labute approximate surface area is 111 Å². The second-order valence-electron chi connectivity index (χ2n) is 4.02. The number of sulfonamides is 1. The van der Waals surface area contributed by atoms with Gasteiger partial charge in [-0.05, 0) is 25.0 Å². The van der Waals surface area contributed by atoms with Crippen molar-refractivity contribution >= 4 is 32.8 Å². The Balaban J connectivity index is 2.43. The van der Waals surface area contributed by atoms with Crippen molar-refractivity contribution in [2.45, 2.75) is 37.6 Å². The zero-order chi connectivity index (χ0) is 13.2. The summed E-state index contributed by atoms with van der Waals surface area (Å²) < 4.78 is 35.4. The molecule has 0 aliphatic carbocycles. The molecule has 0 amide bonds. The molecular weight excluding hydrogens is 270 g/mol. The Morgan fingerprint density at radius 2 is 2.00 bits per heavy atom. The highest BCUT2D eigenvalue weighted by Gasteiger charge is 2.21. The van der Waals surface area contributed by atoms with Gasteiger partial charge in [0.2, 0.25) is 10.0 Å². The van der Waals surface area contributed by atoms with Crippen LogP contribution in [0.1, 0.15) is 26.7 Å². The molecule has 0 aliphatic rings. The van der Waals surface area contributed by atoms with Gasteiger partial charge in [0.05, 0.1) is 11.7 Å². The lowest BCUT2D eigenvalue weighted by Crippen LogP contribution is -2.33. The highest BCUT2D eigenvalue weighted by Crippen LogP contribution is 2.21. The van der Waals surface area contributed by atoms with Gasteiger partial charge in [0, 0.05) is 6.04 Å². The molecule has 0 fully saturated rings. The summed E-state index contributed by atoms with van der Waals surface area (Å²) in [5.41, 5.74) is 1.06. The first kappa shape index (κ1) is 13.4. The van der Waals surface area contributed by atoms with Crippen molar-refractivity contribution < 1.29 is 8.42 Å². The summed E-state index contributed by atoms with van der Waals surface area (Å²) in [6, 6.07) is 4.96. The van der Waals surface area contributed by atoms with E-state index >= 15 is 0 Å². The van der Waals surface area contributed by atoms with Crippen LogP contribution in [-0.2, 0) is 10.0 Å². The van der Waals surface area contributed by atoms with Crippen molar-refractivity contribution in [1.82, 2.24) is 13.5 Å². The molecule has 0 bridgehead atoms. The molecular formula is C11H15N3O2S2. The van der Waals surface area contributed by atoms with E-state index in [1.807, 2.05) is 13.8 Å². The molecule has 0 atom stereocenters. The molecule has 2 rings (SSSR count). The average Bonchev–Trinajstić information content (AvgIpc) is 2.83. The van der Waals surface area contributed by atoms with Crippen LogP contribution in [0.4, 0.5) is 0 Å². The van der Waals surface area contributed by atoms with Crippen LogP contribution in [0.15, 0.2) is 23.1 Å². The smallest absolute Gasteiger partial charge is 0.208 e. The second-order valence-corrected chi connectivity index (χ2v) is 6.23. The minimum absolute atomic E-state index is 0.0446. The van der Waals surface area contributed by atoms with Crippen LogP contribution in [0.3, 0.4) is 0 Å². The van der Waals surface area contributed by atoms with Crippen molar-refractivity contribution in [2.24, 2.45) is 0 Å². The van der Waals surface area contributed by atoms with Crippen LogP contribution in [0.2, 0.25) is 0 Å². The number of rotatable bonds is 5. The molecule has 1 heterocycles. The van der Waals surface area contributed by atoms with E-state index in [4.69, 9.17) is 0 Å². The predicted molar refractivity (Wildman–Crippen MR) is 72.1 cm³/mol. The van der Waals surface area contributed by atoms with Gasteiger partial charge >= 0.3 is 0 Å². The molecule has 1 aromatic heterocycles. The lowest BCUT2D eigenvalue weighted by Gasteiger charge is -2.14. The summed E-state index contributed by atoms with van der Waals surface area (Å²) in [5.74, 6) is 0. The fourth-order valence-corrected chi connectivity index (χ4v) is 3.91. The van der Waals surface area contributed by atoms with Crippen LogP contribution in [0, 0.1) is 0 Å². The Morgan fingerprint density at radius 1 is 1.28 bits per heavy atom. The van der Waals surface area contributed by atoms with E-state index in [0.29, 0.717) is 11.0 Å². The van der Waals surface area contributed by atoms with E-state index in [2.05, 4.69) is 13.5 Å². The number of nitrogens with zero attached hydrogens (tertiary/aromatic N) is 2. The largest absolute Gasteiger partial charge is 0.243 e. The molecule has 1 N–H and O–H groups in total. The molecule has 5 nitrogen and oxygen atoms in total. The van der Waals surface area contributed by atoms with Gasteiger partial charge in [-0.25, -0.2) is 13.1 Å². The number of fused-ring (bicyclic) bond motifs is 1. The maximum atomic E-state index is 12.3. The number of benzene rings is 1.